The predicted molar refractivity (Wildman–Crippen MR) is 62.3 cm³/mol. The maximum Gasteiger partial charge on any atom is 0.229 e. The summed E-state index contributed by atoms with van der Waals surface area (Å²) in [6.45, 7) is 0.841. The second-order valence-corrected chi connectivity index (χ2v) is 4.40. The fraction of sp³-hybridized carbons (Fsp3) is 0.462. The van der Waals surface area contributed by atoms with Gasteiger partial charge in [-0.05, 0) is 30.5 Å². The van der Waals surface area contributed by atoms with Crippen molar-refractivity contribution < 1.29 is 9.90 Å². The number of hydrogen-bond acceptors (Lipinski definition) is 2. The molecule has 0 aliphatic carbocycles. The van der Waals surface area contributed by atoms with Crippen LogP contribution in [0.25, 0.3) is 0 Å². The molecule has 1 saturated heterocycles. The van der Waals surface area contributed by atoms with Crippen molar-refractivity contribution in [2.45, 2.75) is 25.2 Å². The fourth-order valence-corrected chi connectivity index (χ4v) is 2.25. The number of benzene rings is 1. The summed E-state index contributed by atoms with van der Waals surface area (Å²) in [6, 6.07) is 7.04. The summed E-state index contributed by atoms with van der Waals surface area (Å²) in [5, 5.41) is 9.44. The molecule has 1 aliphatic rings. The van der Waals surface area contributed by atoms with Gasteiger partial charge in [0, 0.05) is 13.6 Å². The van der Waals surface area contributed by atoms with Crippen LogP contribution < -0.4 is 0 Å². The summed E-state index contributed by atoms with van der Waals surface area (Å²) in [7, 11) is 1.85. The second kappa shape index (κ2) is 4.56. The SMILES string of the molecule is CN1CCCC[C@@H](c2cccc(O)c2)C1=O. The number of carbonyl (C=O) groups excluding carboxylic acids is 1. The van der Waals surface area contributed by atoms with Crippen LogP contribution in [0.4, 0.5) is 0 Å². The van der Waals surface area contributed by atoms with Gasteiger partial charge >= 0.3 is 0 Å². The summed E-state index contributed by atoms with van der Waals surface area (Å²) in [5.74, 6) is 0.319. The molecule has 1 aromatic carbocycles. The molecule has 1 atom stereocenters. The lowest BCUT2D eigenvalue weighted by Gasteiger charge is -2.20. The Hall–Kier alpha value is -1.51. The topological polar surface area (TPSA) is 40.5 Å². The third-order valence-corrected chi connectivity index (χ3v) is 3.18. The van der Waals surface area contributed by atoms with Crippen LogP contribution in [0.5, 0.6) is 5.75 Å². The van der Waals surface area contributed by atoms with Crippen molar-refractivity contribution in [3.05, 3.63) is 29.8 Å². The van der Waals surface area contributed by atoms with E-state index in [1.165, 1.54) is 0 Å². The summed E-state index contributed by atoms with van der Waals surface area (Å²) in [6.07, 6.45) is 3.01. The monoisotopic (exact) mass is 219 g/mol. The predicted octanol–water partition coefficient (Wildman–Crippen LogP) is 2.12. The Kier molecular flexibility index (Phi) is 3.13. The number of aromatic hydroxyl groups is 1. The van der Waals surface area contributed by atoms with Crippen LogP contribution in [0.3, 0.4) is 0 Å². The third-order valence-electron chi connectivity index (χ3n) is 3.18. The van der Waals surface area contributed by atoms with Gasteiger partial charge in [-0.3, -0.25) is 4.79 Å². The molecular formula is C13H17NO2. The van der Waals surface area contributed by atoms with Crippen LogP contribution >= 0.6 is 0 Å². The highest BCUT2D eigenvalue weighted by Gasteiger charge is 2.26. The van der Waals surface area contributed by atoms with Gasteiger partial charge in [-0.15, -0.1) is 0 Å². The molecule has 0 aromatic heterocycles. The van der Waals surface area contributed by atoms with E-state index in [-0.39, 0.29) is 17.6 Å². The first-order valence-electron chi connectivity index (χ1n) is 5.72. The number of carbonyl (C=O) groups is 1. The minimum atomic E-state index is -0.0837. The number of phenolic OH excluding ortho intramolecular Hbond substituents is 1. The van der Waals surface area contributed by atoms with E-state index in [1.54, 1.807) is 23.1 Å². The maximum atomic E-state index is 12.1. The number of phenols is 1. The standard InChI is InChI=1S/C13H17NO2/c1-14-8-3-2-7-12(13(14)16)10-5-4-6-11(15)9-10/h4-6,9,12,15H,2-3,7-8H2,1H3/t12-/m0/s1. The van der Waals surface area contributed by atoms with Crippen molar-refractivity contribution in [3.8, 4) is 5.75 Å². The van der Waals surface area contributed by atoms with E-state index in [9.17, 15) is 9.90 Å². The molecule has 1 N–H and O–H groups in total. The molecule has 3 heteroatoms. The Morgan fingerprint density at radius 1 is 1.38 bits per heavy atom. The molecule has 2 rings (SSSR count). The van der Waals surface area contributed by atoms with Crippen LogP contribution in [0.15, 0.2) is 24.3 Å². The Bertz CT molecular complexity index is 389. The number of hydrogen-bond donors (Lipinski definition) is 1. The largest absolute Gasteiger partial charge is 0.508 e. The minimum Gasteiger partial charge on any atom is -0.508 e. The highest BCUT2D eigenvalue weighted by atomic mass is 16.3. The van der Waals surface area contributed by atoms with Gasteiger partial charge in [0.15, 0.2) is 0 Å². The van der Waals surface area contributed by atoms with E-state index in [0.717, 1.165) is 31.4 Å². The summed E-state index contributed by atoms with van der Waals surface area (Å²) < 4.78 is 0. The lowest BCUT2D eigenvalue weighted by molar-refractivity contribution is -0.130. The summed E-state index contributed by atoms with van der Waals surface area (Å²) in [4.78, 5) is 13.9. The smallest absolute Gasteiger partial charge is 0.229 e. The zero-order valence-corrected chi connectivity index (χ0v) is 9.52. The molecule has 3 nitrogen and oxygen atoms in total. The maximum absolute atomic E-state index is 12.1. The highest BCUT2D eigenvalue weighted by molar-refractivity contribution is 5.83. The molecule has 1 amide bonds. The molecule has 0 bridgehead atoms. The number of amides is 1. The van der Waals surface area contributed by atoms with Gasteiger partial charge in [-0.25, -0.2) is 0 Å². The van der Waals surface area contributed by atoms with Gasteiger partial charge in [0.25, 0.3) is 0 Å². The van der Waals surface area contributed by atoms with Crippen molar-refractivity contribution in [3.63, 3.8) is 0 Å². The van der Waals surface area contributed by atoms with Crippen molar-refractivity contribution in [1.29, 1.82) is 0 Å². The Labute approximate surface area is 95.7 Å². The average molecular weight is 219 g/mol. The van der Waals surface area contributed by atoms with Gasteiger partial charge in [-0.1, -0.05) is 18.6 Å². The lowest BCUT2D eigenvalue weighted by atomic mass is 9.93. The lowest BCUT2D eigenvalue weighted by Crippen LogP contribution is -2.30. The molecule has 1 aliphatic heterocycles. The third kappa shape index (κ3) is 2.18. The van der Waals surface area contributed by atoms with E-state index in [2.05, 4.69) is 0 Å². The molecule has 86 valence electrons. The zero-order valence-electron chi connectivity index (χ0n) is 9.52. The van der Waals surface area contributed by atoms with Crippen LogP contribution in [0, 0.1) is 0 Å². The number of nitrogens with zero attached hydrogens (tertiary/aromatic N) is 1. The van der Waals surface area contributed by atoms with Crippen LogP contribution in [-0.4, -0.2) is 29.5 Å². The molecular weight excluding hydrogens is 202 g/mol. The minimum absolute atomic E-state index is 0.0837. The molecule has 0 radical (unpaired) electrons. The molecule has 1 fully saturated rings. The summed E-state index contributed by atoms with van der Waals surface area (Å²) >= 11 is 0. The first-order valence-corrected chi connectivity index (χ1v) is 5.72. The van der Waals surface area contributed by atoms with E-state index >= 15 is 0 Å². The van der Waals surface area contributed by atoms with Crippen molar-refractivity contribution >= 4 is 5.91 Å². The van der Waals surface area contributed by atoms with Gasteiger partial charge in [0.05, 0.1) is 5.92 Å². The highest BCUT2D eigenvalue weighted by Crippen LogP contribution is 2.28. The van der Waals surface area contributed by atoms with E-state index in [1.807, 2.05) is 13.1 Å². The van der Waals surface area contributed by atoms with Gasteiger partial charge in [0.2, 0.25) is 5.91 Å². The number of likely N-dealkylation sites (tertiary alicyclic amines) is 1. The Balaban J connectivity index is 2.27. The summed E-state index contributed by atoms with van der Waals surface area (Å²) in [5.41, 5.74) is 0.929. The number of rotatable bonds is 1. The zero-order chi connectivity index (χ0) is 11.5. The molecule has 0 unspecified atom stereocenters. The van der Waals surface area contributed by atoms with Crippen LogP contribution in [0.2, 0.25) is 0 Å². The second-order valence-electron chi connectivity index (χ2n) is 4.40. The van der Waals surface area contributed by atoms with E-state index in [0.29, 0.717) is 0 Å². The van der Waals surface area contributed by atoms with Crippen molar-refractivity contribution in [1.82, 2.24) is 4.90 Å². The first-order chi connectivity index (χ1) is 7.68. The van der Waals surface area contributed by atoms with E-state index in [4.69, 9.17) is 0 Å². The van der Waals surface area contributed by atoms with Crippen LogP contribution in [-0.2, 0) is 4.79 Å². The first kappa shape index (κ1) is 11.0. The van der Waals surface area contributed by atoms with Gasteiger partial charge < -0.3 is 10.0 Å². The molecule has 1 heterocycles. The molecule has 16 heavy (non-hydrogen) atoms. The number of likely N-dealkylation sites (N-methyl/N-ethyl adjacent to an activating group) is 1. The molecule has 0 saturated carbocycles. The Morgan fingerprint density at radius 3 is 2.94 bits per heavy atom. The van der Waals surface area contributed by atoms with E-state index < -0.39 is 0 Å². The molecule has 0 spiro atoms. The average Bonchev–Trinajstić information content (AvgIpc) is 2.42. The normalized spacial score (nSPS) is 21.9. The van der Waals surface area contributed by atoms with Gasteiger partial charge in [0.1, 0.15) is 5.75 Å². The van der Waals surface area contributed by atoms with Gasteiger partial charge in [-0.2, -0.15) is 0 Å². The van der Waals surface area contributed by atoms with Crippen LogP contribution in [0.1, 0.15) is 30.7 Å². The molecule has 1 aromatic rings. The van der Waals surface area contributed by atoms with Crippen molar-refractivity contribution in [2.75, 3.05) is 13.6 Å². The Morgan fingerprint density at radius 2 is 2.19 bits per heavy atom. The van der Waals surface area contributed by atoms with Crippen molar-refractivity contribution in [2.24, 2.45) is 0 Å². The quantitative estimate of drug-likeness (QED) is 0.786. The fourth-order valence-electron chi connectivity index (χ4n) is 2.25.